The number of tetrazole rings is 1. The molecule has 0 aliphatic carbocycles. The zero-order chi connectivity index (χ0) is 13.6. The number of carboxylic acids is 1. The van der Waals surface area contributed by atoms with Gasteiger partial charge in [0.1, 0.15) is 0 Å². The van der Waals surface area contributed by atoms with Crippen LogP contribution in [0.3, 0.4) is 0 Å². The third-order valence-corrected chi connectivity index (χ3v) is 4.97. The lowest BCUT2D eigenvalue weighted by Crippen LogP contribution is -2.37. The molecule has 8 heteroatoms. The highest BCUT2D eigenvalue weighted by Crippen LogP contribution is 2.36. The summed E-state index contributed by atoms with van der Waals surface area (Å²) in [7, 11) is 0. The van der Waals surface area contributed by atoms with E-state index in [1.165, 1.54) is 4.68 Å². The lowest BCUT2D eigenvalue weighted by Gasteiger charge is -2.19. The van der Waals surface area contributed by atoms with Gasteiger partial charge < -0.3 is 5.11 Å². The van der Waals surface area contributed by atoms with Crippen molar-refractivity contribution in [3.63, 3.8) is 0 Å². The van der Waals surface area contributed by atoms with Crippen molar-refractivity contribution in [3.8, 4) is 10.7 Å². The van der Waals surface area contributed by atoms with Crippen LogP contribution in [0.15, 0.2) is 17.5 Å². The summed E-state index contributed by atoms with van der Waals surface area (Å²) in [6.07, 6.45) is 0. The van der Waals surface area contributed by atoms with Gasteiger partial charge in [0.05, 0.1) is 4.88 Å². The minimum atomic E-state index is -1.18. The van der Waals surface area contributed by atoms with Crippen LogP contribution in [0, 0.1) is 0 Å². The van der Waals surface area contributed by atoms with E-state index in [1.54, 1.807) is 36.5 Å². The van der Waals surface area contributed by atoms with Crippen LogP contribution < -0.4 is 0 Å². The van der Waals surface area contributed by atoms with Gasteiger partial charge in [-0.05, 0) is 41.8 Å². The second-order valence-corrected chi connectivity index (χ2v) is 6.57. The molecule has 0 aromatic carbocycles. The van der Waals surface area contributed by atoms with Crippen LogP contribution in [0.1, 0.15) is 13.8 Å². The summed E-state index contributed by atoms with van der Waals surface area (Å²) in [4.78, 5) is 12.2. The molecular formula is C11H10N4O2S2. The first-order chi connectivity index (χ1) is 9.00. The molecule has 0 radical (unpaired) electrons. The van der Waals surface area contributed by atoms with Crippen LogP contribution in [-0.4, -0.2) is 31.3 Å². The molecule has 0 unspecified atom stereocenters. The number of nitrogens with zero attached hydrogens (tertiary/aromatic N) is 4. The molecule has 3 rings (SSSR count). The average molecular weight is 294 g/mol. The van der Waals surface area contributed by atoms with Crippen LogP contribution in [0.4, 0.5) is 0 Å². The summed E-state index contributed by atoms with van der Waals surface area (Å²) in [5, 5.41) is 22.7. The van der Waals surface area contributed by atoms with Gasteiger partial charge in [-0.1, -0.05) is 0 Å². The molecule has 0 bridgehead atoms. The van der Waals surface area contributed by atoms with E-state index in [-0.39, 0.29) is 0 Å². The SMILES string of the molecule is CC(C)(C(=O)O)n1nnnc1-c1cc2sccc2s1. The third-order valence-electron chi connectivity index (χ3n) is 2.88. The van der Waals surface area contributed by atoms with E-state index < -0.39 is 11.5 Å². The summed E-state index contributed by atoms with van der Waals surface area (Å²) in [6, 6.07) is 4.02. The molecule has 3 heterocycles. The molecule has 0 spiro atoms. The van der Waals surface area contributed by atoms with Crippen LogP contribution >= 0.6 is 22.7 Å². The van der Waals surface area contributed by atoms with E-state index in [9.17, 15) is 9.90 Å². The number of fused-ring (bicyclic) bond motifs is 1. The summed E-state index contributed by atoms with van der Waals surface area (Å²) < 4.78 is 3.66. The molecule has 19 heavy (non-hydrogen) atoms. The van der Waals surface area contributed by atoms with Crippen LogP contribution in [-0.2, 0) is 10.3 Å². The Morgan fingerprint density at radius 2 is 2.21 bits per heavy atom. The largest absolute Gasteiger partial charge is 0.479 e. The molecule has 0 aliphatic rings. The van der Waals surface area contributed by atoms with E-state index in [0.717, 1.165) is 14.3 Å². The van der Waals surface area contributed by atoms with Gasteiger partial charge in [0.15, 0.2) is 11.4 Å². The zero-order valence-corrected chi connectivity index (χ0v) is 11.8. The van der Waals surface area contributed by atoms with Crippen LogP contribution in [0.25, 0.3) is 20.1 Å². The summed E-state index contributed by atoms with van der Waals surface area (Å²) >= 11 is 3.20. The molecule has 1 N–H and O–H groups in total. The Bertz CT molecular complexity index is 727. The highest BCUT2D eigenvalue weighted by Gasteiger charge is 2.34. The summed E-state index contributed by atoms with van der Waals surface area (Å²) in [5.74, 6) is -0.486. The third kappa shape index (κ3) is 1.83. The number of thiophene rings is 2. The number of aliphatic carboxylic acids is 1. The van der Waals surface area contributed by atoms with Crippen molar-refractivity contribution in [1.82, 2.24) is 20.2 Å². The minimum Gasteiger partial charge on any atom is -0.479 e. The molecule has 6 nitrogen and oxygen atoms in total. The molecule has 0 saturated heterocycles. The van der Waals surface area contributed by atoms with E-state index >= 15 is 0 Å². The first kappa shape index (κ1) is 12.2. The number of hydrogen-bond donors (Lipinski definition) is 1. The van der Waals surface area contributed by atoms with Gasteiger partial charge in [0, 0.05) is 9.40 Å². The zero-order valence-electron chi connectivity index (χ0n) is 10.2. The van der Waals surface area contributed by atoms with Crippen molar-refractivity contribution in [2.75, 3.05) is 0 Å². The fourth-order valence-electron chi connectivity index (χ4n) is 1.68. The maximum Gasteiger partial charge on any atom is 0.331 e. The van der Waals surface area contributed by atoms with Crippen molar-refractivity contribution < 1.29 is 9.90 Å². The van der Waals surface area contributed by atoms with E-state index in [1.807, 2.05) is 17.5 Å². The standard InChI is InChI=1S/C11H10N4O2S2/c1-11(2,10(16)17)15-9(12-13-14-15)8-5-7-6(19-8)3-4-18-7/h3-5H,1-2H3,(H,16,17). The molecule has 0 fully saturated rings. The summed E-state index contributed by atoms with van der Waals surface area (Å²) in [5.41, 5.74) is -1.18. The highest BCUT2D eigenvalue weighted by atomic mass is 32.1. The topological polar surface area (TPSA) is 80.9 Å². The van der Waals surface area contributed by atoms with Crippen LogP contribution in [0.5, 0.6) is 0 Å². The van der Waals surface area contributed by atoms with E-state index in [0.29, 0.717) is 5.82 Å². The fourth-order valence-corrected chi connectivity index (χ4v) is 3.76. The first-order valence-corrected chi connectivity index (χ1v) is 7.19. The molecule has 0 aliphatic heterocycles. The molecule has 0 atom stereocenters. The first-order valence-electron chi connectivity index (χ1n) is 5.50. The molecule has 0 saturated carbocycles. The number of hydrogen-bond acceptors (Lipinski definition) is 6. The second kappa shape index (κ2) is 4.10. The maximum absolute atomic E-state index is 11.3. The van der Waals surface area contributed by atoms with E-state index in [4.69, 9.17) is 0 Å². The number of carbonyl (C=O) groups is 1. The van der Waals surface area contributed by atoms with Gasteiger partial charge in [-0.15, -0.1) is 27.8 Å². The second-order valence-electron chi connectivity index (χ2n) is 4.54. The Morgan fingerprint density at radius 3 is 2.89 bits per heavy atom. The van der Waals surface area contributed by atoms with Crippen molar-refractivity contribution in [3.05, 3.63) is 17.5 Å². The Hall–Kier alpha value is -1.80. The molecule has 3 aromatic heterocycles. The lowest BCUT2D eigenvalue weighted by molar-refractivity contribution is -0.146. The predicted molar refractivity (Wildman–Crippen MR) is 73.5 cm³/mol. The molecule has 98 valence electrons. The predicted octanol–water partition coefficient (Wildman–Crippen LogP) is 2.44. The maximum atomic E-state index is 11.3. The van der Waals surface area contributed by atoms with Gasteiger partial charge in [-0.2, -0.15) is 0 Å². The number of rotatable bonds is 3. The Balaban J connectivity index is 2.14. The van der Waals surface area contributed by atoms with Gasteiger partial charge >= 0.3 is 5.97 Å². The Kier molecular flexibility index (Phi) is 2.64. The van der Waals surface area contributed by atoms with Crippen molar-refractivity contribution >= 4 is 38.0 Å². The van der Waals surface area contributed by atoms with Gasteiger partial charge in [-0.3, -0.25) is 0 Å². The molecular weight excluding hydrogens is 284 g/mol. The highest BCUT2D eigenvalue weighted by molar-refractivity contribution is 7.28. The molecule has 3 aromatic rings. The number of carboxylic acid groups (broad SMARTS) is 1. The number of aromatic nitrogens is 4. The minimum absolute atomic E-state index is 0.487. The summed E-state index contributed by atoms with van der Waals surface area (Å²) in [6.45, 7) is 3.15. The Labute approximate surface area is 116 Å². The normalized spacial score (nSPS) is 12.1. The van der Waals surface area contributed by atoms with Gasteiger partial charge in [0.2, 0.25) is 0 Å². The van der Waals surface area contributed by atoms with Gasteiger partial charge in [0.25, 0.3) is 0 Å². The van der Waals surface area contributed by atoms with E-state index in [2.05, 4.69) is 15.5 Å². The van der Waals surface area contributed by atoms with Crippen LogP contribution in [0.2, 0.25) is 0 Å². The smallest absolute Gasteiger partial charge is 0.331 e. The fraction of sp³-hybridized carbons (Fsp3) is 0.273. The Morgan fingerprint density at radius 1 is 1.42 bits per heavy atom. The monoisotopic (exact) mass is 294 g/mol. The van der Waals surface area contributed by atoms with Crippen molar-refractivity contribution in [2.24, 2.45) is 0 Å². The van der Waals surface area contributed by atoms with Crippen molar-refractivity contribution in [1.29, 1.82) is 0 Å². The average Bonchev–Trinajstić information content (AvgIpc) is 3.02. The quantitative estimate of drug-likeness (QED) is 0.802. The molecule has 0 amide bonds. The van der Waals surface area contributed by atoms with Crippen molar-refractivity contribution in [2.45, 2.75) is 19.4 Å². The lowest BCUT2D eigenvalue weighted by atomic mass is 10.1. The van der Waals surface area contributed by atoms with Gasteiger partial charge in [-0.25, -0.2) is 9.48 Å².